The third kappa shape index (κ3) is 4.07. The Morgan fingerprint density at radius 3 is 2.20 bits per heavy atom. The summed E-state index contributed by atoms with van der Waals surface area (Å²) < 4.78 is 76.3. The highest BCUT2D eigenvalue weighted by atomic mass is 32.2. The van der Waals surface area contributed by atoms with Gasteiger partial charge < -0.3 is 4.74 Å². The van der Waals surface area contributed by atoms with Crippen molar-refractivity contribution in [2.75, 3.05) is 6.61 Å². The van der Waals surface area contributed by atoms with E-state index in [4.69, 9.17) is 4.74 Å². The first-order chi connectivity index (χ1) is 9.18. The summed E-state index contributed by atoms with van der Waals surface area (Å²) in [6.07, 6.45) is 1.29. The molecule has 0 bridgehead atoms. The van der Waals surface area contributed by atoms with E-state index in [-0.39, 0.29) is 5.92 Å². The Balaban J connectivity index is 2.34. The molecule has 0 aliphatic heterocycles. The molecule has 0 aromatic carbocycles. The van der Waals surface area contributed by atoms with Crippen molar-refractivity contribution in [3.05, 3.63) is 0 Å². The molecule has 1 aliphatic carbocycles. The lowest BCUT2D eigenvalue weighted by Gasteiger charge is -2.21. The van der Waals surface area contributed by atoms with Gasteiger partial charge >= 0.3 is 17.1 Å². The van der Waals surface area contributed by atoms with E-state index in [1.807, 2.05) is 0 Å². The maximum atomic E-state index is 13.0. The van der Waals surface area contributed by atoms with Gasteiger partial charge in [0, 0.05) is 6.42 Å². The van der Waals surface area contributed by atoms with Gasteiger partial charge in [0.25, 0.3) is 0 Å². The van der Waals surface area contributed by atoms with Gasteiger partial charge in [-0.3, -0.25) is 4.79 Å². The quantitative estimate of drug-likeness (QED) is 0.338. The van der Waals surface area contributed by atoms with Crippen LogP contribution in [0.3, 0.4) is 0 Å². The van der Waals surface area contributed by atoms with Crippen LogP contribution in [0.15, 0.2) is 0 Å². The van der Waals surface area contributed by atoms with Crippen molar-refractivity contribution in [1.29, 1.82) is 0 Å². The van der Waals surface area contributed by atoms with Crippen LogP contribution in [-0.2, 0) is 20.2 Å². The zero-order chi connectivity index (χ0) is 15.4. The van der Waals surface area contributed by atoms with Gasteiger partial charge in [-0.15, -0.1) is 0 Å². The Morgan fingerprint density at radius 2 is 1.70 bits per heavy atom. The van der Waals surface area contributed by atoms with E-state index in [1.165, 1.54) is 0 Å². The van der Waals surface area contributed by atoms with Gasteiger partial charge in [0.1, 0.15) is 0 Å². The number of carbonyl (C=O) groups excluding carboxylic acids is 1. The third-order valence-electron chi connectivity index (χ3n) is 3.24. The average molecular weight is 320 g/mol. The van der Waals surface area contributed by atoms with Gasteiger partial charge in [-0.2, -0.15) is 17.6 Å². The normalized spacial score (nSPS) is 17.6. The molecule has 20 heavy (non-hydrogen) atoms. The number of esters is 1. The molecule has 0 heterocycles. The van der Waals surface area contributed by atoms with Crippen LogP contribution in [0.2, 0.25) is 0 Å². The number of hydrogen-bond donors (Lipinski definition) is 1. The number of alkyl halides is 4. The maximum absolute atomic E-state index is 13.0. The Morgan fingerprint density at radius 1 is 1.15 bits per heavy atom. The van der Waals surface area contributed by atoms with Gasteiger partial charge in [-0.05, 0) is 19.3 Å². The minimum atomic E-state index is -5.09. The number of hydrogen-bond acceptors (Lipinski definition) is 4. The van der Waals surface area contributed by atoms with Gasteiger partial charge in [0.15, 0.2) is 0 Å². The van der Waals surface area contributed by atoms with Crippen LogP contribution < -0.4 is 0 Å². The standard InChI is InChI=1S/C11H16F4O4S/c12-10(13,11(14,15)20(17)18)6-3-7-19-9(16)8-4-1-2-5-8/h8,20H,1-7H2. The highest BCUT2D eigenvalue weighted by Gasteiger charge is 2.58. The molecule has 0 radical (unpaired) electrons. The van der Waals surface area contributed by atoms with E-state index in [9.17, 15) is 30.8 Å². The van der Waals surface area contributed by atoms with E-state index in [0.717, 1.165) is 12.8 Å². The van der Waals surface area contributed by atoms with Gasteiger partial charge in [-0.1, -0.05) is 12.8 Å². The van der Waals surface area contributed by atoms with Crippen LogP contribution in [0.1, 0.15) is 38.5 Å². The van der Waals surface area contributed by atoms with Crippen LogP contribution >= 0.6 is 0 Å². The van der Waals surface area contributed by atoms with E-state index >= 15 is 0 Å². The SMILES string of the molecule is O=C(OCCCC(F)(F)C(F)(F)[SH](=O)=O)C1CCCC1. The fraction of sp³-hybridized carbons (Fsp3) is 0.909. The number of thiol groups is 1. The van der Waals surface area contributed by atoms with E-state index in [0.29, 0.717) is 12.8 Å². The van der Waals surface area contributed by atoms with Crippen molar-refractivity contribution >= 4 is 16.7 Å². The molecule has 4 nitrogen and oxygen atoms in total. The summed E-state index contributed by atoms with van der Waals surface area (Å²) in [6.45, 7) is -0.420. The van der Waals surface area contributed by atoms with Crippen molar-refractivity contribution in [1.82, 2.24) is 0 Å². The number of halogens is 4. The van der Waals surface area contributed by atoms with Crippen LogP contribution in [0.5, 0.6) is 0 Å². The highest BCUT2D eigenvalue weighted by Crippen LogP contribution is 2.38. The predicted octanol–water partition coefficient (Wildman–Crippen LogP) is 2.34. The molecule has 0 saturated heterocycles. The summed E-state index contributed by atoms with van der Waals surface area (Å²) in [5, 5.41) is -5.09. The zero-order valence-corrected chi connectivity index (χ0v) is 11.5. The Kier molecular flexibility index (Phi) is 5.79. The molecule has 0 spiro atoms. The summed E-state index contributed by atoms with van der Waals surface area (Å²) in [4.78, 5) is 11.4. The Bertz CT molecular complexity index is 409. The fourth-order valence-electron chi connectivity index (χ4n) is 2.03. The molecule has 9 heteroatoms. The van der Waals surface area contributed by atoms with Gasteiger partial charge in [0.05, 0.1) is 12.5 Å². The molecule has 1 aliphatic rings. The summed E-state index contributed by atoms with van der Waals surface area (Å²) in [5.41, 5.74) is 0. The summed E-state index contributed by atoms with van der Waals surface area (Å²) in [7, 11) is -4.56. The number of carbonyl (C=O) groups is 1. The molecule has 0 aromatic rings. The molecule has 0 amide bonds. The first kappa shape index (κ1) is 17.2. The van der Waals surface area contributed by atoms with Gasteiger partial charge in [-0.25, -0.2) is 8.42 Å². The molecule has 118 valence electrons. The zero-order valence-electron chi connectivity index (χ0n) is 10.6. The molecule has 1 fully saturated rings. The van der Waals surface area contributed by atoms with E-state index in [2.05, 4.69) is 0 Å². The lowest BCUT2D eigenvalue weighted by molar-refractivity contribution is -0.164. The summed E-state index contributed by atoms with van der Waals surface area (Å²) in [6, 6.07) is 0. The van der Waals surface area contributed by atoms with Gasteiger partial charge in [0.2, 0.25) is 10.7 Å². The van der Waals surface area contributed by atoms with Crippen molar-refractivity contribution in [3.8, 4) is 0 Å². The molecular weight excluding hydrogens is 304 g/mol. The molecule has 0 atom stereocenters. The van der Waals surface area contributed by atoms with Crippen molar-refractivity contribution in [2.45, 2.75) is 49.7 Å². The van der Waals surface area contributed by atoms with Crippen molar-refractivity contribution in [3.63, 3.8) is 0 Å². The Hall–Kier alpha value is -0.860. The number of ether oxygens (including phenoxy) is 1. The van der Waals surface area contributed by atoms with E-state index < -0.39 is 47.3 Å². The smallest absolute Gasteiger partial charge is 0.404 e. The molecule has 1 saturated carbocycles. The lowest BCUT2D eigenvalue weighted by Crippen LogP contribution is -2.41. The number of rotatable bonds is 7. The highest BCUT2D eigenvalue weighted by molar-refractivity contribution is 7.73. The lowest BCUT2D eigenvalue weighted by atomic mass is 10.1. The van der Waals surface area contributed by atoms with Crippen LogP contribution in [-0.4, -0.2) is 32.2 Å². The molecule has 0 aromatic heterocycles. The van der Waals surface area contributed by atoms with E-state index in [1.54, 1.807) is 0 Å². The predicted molar refractivity (Wildman–Crippen MR) is 62.4 cm³/mol. The molecule has 0 unspecified atom stereocenters. The second kappa shape index (κ2) is 6.73. The topological polar surface area (TPSA) is 60.4 Å². The van der Waals surface area contributed by atoms with Crippen molar-refractivity contribution < 1.29 is 35.5 Å². The second-order valence-electron chi connectivity index (χ2n) is 4.76. The van der Waals surface area contributed by atoms with Crippen LogP contribution in [0, 0.1) is 5.92 Å². The maximum Gasteiger partial charge on any atom is 0.404 e. The van der Waals surface area contributed by atoms with Crippen LogP contribution in [0.25, 0.3) is 0 Å². The minimum Gasteiger partial charge on any atom is -0.465 e. The molecule has 0 N–H and O–H groups in total. The largest absolute Gasteiger partial charge is 0.465 e. The fourth-order valence-corrected chi connectivity index (χ4v) is 2.41. The first-order valence-electron chi connectivity index (χ1n) is 6.25. The van der Waals surface area contributed by atoms with Crippen molar-refractivity contribution in [2.24, 2.45) is 5.92 Å². The Labute approximate surface area is 115 Å². The summed E-state index contributed by atoms with van der Waals surface area (Å²) in [5.74, 6) is -5.41. The minimum absolute atomic E-state index is 0.243. The molecule has 1 rings (SSSR count). The summed E-state index contributed by atoms with van der Waals surface area (Å²) >= 11 is 0. The average Bonchev–Trinajstić information content (AvgIpc) is 2.87. The molecular formula is C11H16F4O4S. The van der Waals surface area contributed by atoms with Crippen LogP contribution in [0.4, 0.5) is 17.6 Å². The third-order valence-corrected chi connectivity index (χ3v) is 4.02. The monoisotopic (exact) mass is 320 g/mol. The first-order valence-corrected chi connectivity index (χ1v) is 7.43. The second-order valence-corrected chi connectivity index (χ2v) is 5.83.